The maximum absolute atomic E-state index is 12.3. The minimum Gasteiger partial charge on any atom is -0.345 e. The van der Waals surface area contributed by atoms with E-state index in [1.54, 1.807) is 40.8 Å². The molecule has 1 aliphatic heterocycles. The molecule has 0 saturated heterocycles. The highest BCUT2D eigenvalue weighted by Gasteiger charge is 2.26. The number of carbonyl (C=O) groups excluding carboxylic acids is 3. The summed E-state index contributed by atoms with van der Waals surface area (Å²) < 4.78 is 1.72. The number of rotatable bonds is 5. The van der Waals surface area contributed by atoms with E-state index in [1.165, 1.54) is 6.08 Å². The Morgan fingerprint density at radius 3 is 2.65 bits per heavy atom. The molecule has 2 aromatic rings. The van der Waals surface area contributed by atoms with E-state index >= 15 is 0 Å². The molecule has 0 saturated carbocycles. The van der Waals surface area contributed by atoms with E-state index in [9.17, 15) is 14.4 Å². The van der Waals surface area contributed by atoms with Crippen LogP contribution in [-0.2, 0) is 17.9 Å². The van der Waals surface area contributed by atoms with Gasteiger partial charge in [0.15, 0.2) is 5.82 Å². The average Bonchev–Trinajstić information content (AvgIpc) is 3.07. The van der Waals surface area contributed by atoms with Crippen LogP contribution in [0.4, 0.5) is 5.69 Å². The lowest BCUT2D eigenvalue weighted by Crippen LogP contribution is -2.38. The smallest absolute Gasteiger partial charge is 0.291 e. The Bertz CT molecular complexity index is 871. The third-order valence-corrected chi connectivity index (χ3v) is 4.03. The first-order valence-electron chi connectivity index (χ1n) is 7.99. The number of nitrogens with one attached hydrogen (secondary N) is 2. The summed E-state index contributed by atoms with van der Waals surface area (Å²) in [6.45, 7) is 4.71. The SMILES string of the molecule is C=CC(=O)Nc1ccc(C(=O)NCc2nnc3n2CCN(C)C3=O)cc1. The number of hydrogen-bond donors (Lipinski definition) is 2. The Kier molecular flexibility index (Phi) is 4.78. The quantitative estimate of drug-likeness (QED) is 0.756. The molecule has 2 heterocycles. The molecule has 2 N–H and O–H groups in total. The first-order chi connectivity index (χ1) is 12.5. The summed E-state index contributed by atoms with van der Waals surface area (Å²) in [7, 11) is 1.71. The lowest BCUT2D eigenvalue weighted by Gasteiger charge is -2.23. The second kappa shape index (κ2) is 7.18. The van der Waals surface area contributed by atoms with Crippen LogP contribution in [0.25, 0.3) is 0 Å². The molecule has 1 aromatic carbocycles. The highest BCUT2D eigenvalue weighted by atomic mass is 16.2. The Balaban J connectivity index is 1.63. The fraction of sp³-hybridized carbons (Fsp3) is 0.235. The van der Waals surface area contributed by atoms with Crippen LogP contribution in [0.15, 0.2) is 36.9 Å². The lowest BCUT2D eigenvalue weighted by molar-refractivity contribution is -0.111. The summed E-state index contributed by atoms with van der Waals surface area (Å²) in [6.07, 6.45) is 1.17. The summed E-state index contributed by atoms with van der Waals surface area (Å²) in [6, 6.07) is 6.46. The van der Waals surface area contributed by atoms with Crippen LogP contribution in [0.2, 0.25) is 0 Å². The fourth-order valence-electron chi connectivity index (χ4n) is 2.54. The van der Waals surface area contributed by atoms with Crippen LogP contribution in [-0.4, -0.2) is 51.0 Å². The van der Waals surface area contributed by atoms with Crippen molar-refractivity contribution in [2.45, 2.75) is 13.1 Å². The summed E-state index contributed by atoms with van der Waals surface area (Å²) in [4.78, 5) is 37.1. The molecular weight excluding hydrogens is 336 g/mol. The van der Waals surface area contributed by atoms with Crippen molar-refractivity contribution in [2.24, 2.45) is 0 Å². The number of aromatic nitrogens is 3. The predicted molar refractivity (Wildman–Crippen MR) is 93.4 cm³/mol. The Hall–Kier alpha value is -3.49. The fourth-order valence-corrected chi connectivity index (χ4v) is 2.54. The van der Waals surface area contributed by atoms with Gasteiger partial charge in [-0.2, -0.15) is 0 Å². The van der Waals surface area contributed by atoms with Crippen LogP contribution in [0.1, 0.15) is 26.8 Å². The molecule has 134 valence electrons. The highest BCUT2D eigenvalue weighted by Crippen LogP contribution is 2.12. The molecule has 9 heteroatoms. The van der Waals surface area contributed by atoms with E-state index in [0.29, 0.717) is 30.2 Å². The molecule has 0 bridgehead atoms. The summed E-state index contributed by atoms with van der Waals surface area (Å²) in [5, 5.41) is 13.3. The van der Waals surface area contributed by atoms with E-state index in [-0.39, 0.29) is 30.1 Å². The molecule has 3 rings (SSSR count). The molecular formula is C17H18N6O3. The minimum absolute atomic E-state index is 0.164. The third-order valence-electron chi connectivity index (χ3n) is 4.03. The van der Waals surface area contributed by atoms with Crippen molar-refractivity contribution in [3.63, 3.8) is 0 Å². The predicted octanol–water partition coefficient (Wildman–Crippen LogP) is 0.418. The van der Waals surface area contributed by atoms with Crippen molar-refractivity contribution in [1.82, 2.24) is 25.0 Å². The summed E-state index contributed by atoms with van der Waals surface area (Å²) in [5.74, 6) is 0.0237. The van der Waals surface area contributed by atoms with Crippen LogP contribution in [0.3, 0.4) is 0 Å². The second-order valence-corrected chi connectivity index (χ2v) is 5.77. The molecule has 0 atom stereocenters. The molecule has 0 fully saturated rings. The topological polar surface area (TPSA) is 109 Å². The van der Waals surface area contributed by atoms with Gasteiger partial charge < -0.3 is 20.1 Å². The van der Waals surface area contributed by atoms with Gasteiger partial charge in [0.1, 0.15) is 0 Å². The van der Waals surface area contributed by atoms with Crippen LogP contribution < -0.4 is 10.6 Å². The Morgan fingerprint density at radius 1 is 1.23 bits per heavy atom. The molecule has 0 radical (unpaired) electrons. The summed E-state index contributed by atoms with van der Waals surface area (Å²) >= 11 is 0. The molecule has 26 heavy (non-hydrogen) atoms. The van der Waals surface area contributed by atoms with Crippen molar-refractivity contribution >= 4 is 23.4 Å². The summed E-state index contributed by atoms with van der Waals surface area (Å²) in [5.41, 5.74) is 1.01. The first-order valence-corrected chi connectivity index (χ1v) is 7.99. The molecule has 0 aliphatic carbocycles. The largest absolute Gasteiger partial charge is 0.345 e. The zero-order valence-electron chi connectivity index (χ0n) is 14.2. The van der Waals surface area contributed by atoms with Crippen LogP contribution in [0.5, 0.6) is 0 Å². The highest BCUT2D eigenvalue weighted by molar-refractivity contribution is 5.99. The van der Waals surface area contributed by atoms with Gasteiger partial charge in [-0.25, -0.2) is 0 Å². The molecule has 3 amide bonds. The van der Waals surface area contributed by atoms with Gasteiger partial charge in [-0.05, 0) is 30.3 Å². The zero-order valence-corrected chi connectivity index (χ0v) is 14.2. The molecule has 0 unspecified atom stereocenters. The normalized spacial score (nSPS) is 13.1. The van der Waals surface area contributed by atoms with Gasteiger partial charge in [0.05, 0.1) is 6.54 Å². The van der Waals surface area contributed by atoms with E-state index in [0.717, 1.165) is 0 Å². The molecule has 9 nitrogen and oxygen atoms in total. The minimum atomic E-state index is -0.320. The maximum atomic E-state index is 12.3. The Labute approximate surface area is 149 Å². The van der Waals surface area contributed by atoms with Crippen LogP contribution >= 0.6 is 0 Å². The van der Waals surface area contributed by atoms with E-state index in [2.05, 4.69) is 27.4 Å². The van der Waals surface area contributed by atoms with Gasteiger partial charge in [0.2, 0.25) is 11.7 Å². The molecule has 1 aromatic heterocycles. The van der Waals surface area contributed by atoms with Gasteiger partial charge in [-0.15, -0.1) is 10.2 Å². The molecule has 1 aliphatic rings. The number of hydrogen-bond acceptors (Lipinski definition) is 5. The first kappa shape index (κ1) is 17.3. The van der Waals surface area contributed by atoms with E-state index in [1.807, 2.05) is 0 Å². The molecule has 0 spiro atoms. The van der Waals surface area contributed by atoms with Crippen molar-refractivity contribution in [3.8, 4) is 0 Å². The van der Waals surface area contributed by atoms with Crippen molar-refractivity contribution in [3.05, 3.63) is 54.1 Å². The van der Waals surface area contributed by atoms with Crippen LogP contribution in [0, 0.1) is 0 Å². The van der Waals surface area contributed by atoms with Gasteiger partial charge in [0, 0.05) is 31.4 Å². The van der Waals surface area contributed by atoms with Crippen molar-refractivity contribution in [2.75, 3.05) is 18.9 Å². The average molecular weight is 354 g/mol. The van der Waals surface area contributed by atoms with Gasteiger partial charge in [-0.3, -0.25) is 14.4 Å². The number of likely N-dealkylation sites (N-methyl/N-ethyl adjacent to an activating group) is 1. The van der Waals surface area contributed by atoms with Gasteiger partial charge in [-0.1, -0.05) is 6.58 Å². The monoisotopic (exact) mass is 354 g/mol. The van der Waals surface area contributed by atoms with Crippen molar-refractivity contribution in [1.29, 1.82) is 0 Å². The number of amides is 3. The van der Waals surface area contributed by atoms with E-state index < -0.39 is 0 Å². The number of carbonyl (C=O) groups is 3. The Morgan fingerprint density at radius 2 is 1.96 bits per heavy atom. The van der Waals surface area contributed by atoms with Gasteiger partial charge in [0.25, 0.3) is 11.8 Å². The van der Waals surface area contributed by atoms with Gasteiger partial charge >= 0.3 is 0 Å². The second-order valence-electron chi connectivity index (χ2n) is 5.77. The number of nitrogens with zero attached hydrogens (tertiary/aromatic N) is 4. The van der Waals surface area contributed by atoms with E-state index in [4.69, 9.17) is 0 Å². The lowest BCUT2D eigenvalue weighted by atomic mass is 10.2. The number of benzene rings is 1. The third kappa shape index (κ3) is 3.46. The number of anilines is 1. The maximum Gasteiger partial charge on any atom is 0.291 e. The van der Waals surface area contributed by atoms with Crippen molar-refractivity contribution < 1.29 is 14.4 Å². The zero-order chi connectivity index (χ0) is 18.7. The number of fused-ring (bicyclic) bond motifs is 1. The standard InChI is InChI=1S/C17H18N6O3/c1-3-14(24)19-12-6-4-11(5-7-12)16(25)18-10-13-20-21-15-17(26)22(2)8-9-23(13)15/h3-7H,1,8-10H2,2H3,(H,18,25)(H,19,24).